The highest BCUT2D eigenvalue weighted by atomic mass is 16.1. The fraction of sp³-hybridized carbons (Fsp3) is 0.714. The molecule has 152 valence electrons. The molecule has 3 saturated carbocycles. The van der Waals surface area contributed by atoms with Crippen LogP contribution >= 0.6 is 0 Å². The Morgan fingerprint density at radius 2 is 1.96 bits per heavy atom. The number of carbonyl (C=O) groups is 2. The van der Waals surface area contributed by atoms with Crippen molar-refractivity contribution in [1.29, 1.82) is 0 Å². The summed E-state index contributed by atoms with van der Waals surface area (Å²) in [4.78, 5) is 29.4. The molecule has 7 nitrogen and oxygen atoms in total. The Hall–Kier alpha value is -2.11. The van der Waals surface area contributed by atoms with Crippen molar-refractivity contribution >= 4 is 12.2 Å². The molecule has 0 saturated heterocycles. The first-order valence-electron chi connectivity index (χ1n) is 10.4. The maximum atomic E-state index is 11.5. The lowest BCUT2D eigenvalue weighted by atomic mass is 9.85. The van der Waals surface area contributed by atoms with Crippen molar-refractivity contribution < 1.29 is 9.59 Å². The van der Waals surface area contributed by atoms with E-state index in [1.54, 1.807) is 12.3 Å². The number of aromatic nitrogens is 1. The number of fused-ring (bicyclic) bond motifs is 1. The number of rotatable bonds is 4. The van der Waals surface area contributed by atoms with Crippen LogP contribution < -0.4 is 0 Å². The lowest BCUT2D eigenvalue weighted by Crippen LogP contribution is -2.34. The van der Waals surface area contributed by atoms with Crippen molar-refractivity contribution in [2.75, 3.05) is 14.1 Å². The van der Waals surface area contributed by atoms with Crippen LogP contribution in [0.15, 0.2) is 23.4 Å². The summed E-state index contributed by atoms with van der Waals surface area (Å²) in [7, 11) is 4.27. The van der Waals surface area contributed by atoms with Gasteiger partial charge < -0.3 is 14.7 Å². The summed E-state index contributed by atoms with van der Waals surface area (Å²) < 4.78 is 0. The molecule has 5 atom stereocenters. The molecule has 1 N–H and O–H groups in total. The van der Waals surface area contributed by atoms with Gasteiger partial charge in [-0.25, -0.2) is 0 Å². The van der Waals surface area contributed by atoms with Gasteiger partial charge in [0.2, 0.25) is 0 Å². The number of H-pyrrole nitrogens is 1. The Kier molecular flexibility index (Phi) is 6.92. The van der Waals surface area contributed by atoms with Crippen LogP contribution in [0.1, 0.15) is 55.4 Å². The van der Waals surface area contributed by atoms with E-state index in [2.05, 4.69) is 34.0 Å². The number of nitrogens with zero attached hydrogens (tertiary/aromatic N) is 4. The molecule has 3 aliphatic rings. The molecule has 1 amide bonds. The Balaban J connectivity index is 0.000000192. The number of aldehydes is 1. The molecule has 3 fully saturated rings. The van der Waals surface area contributed by atoms with Gasteiger partial charge in [0.05, 0.1) is 5.69 Å². The van der Waals surface area contributed by atoms with Gasteiger partial charge in [0.1, 0.15) is 6.29 Å². The second kappa shape index (κ2) is 9.39. The minimum absolute atomic E-state index is 0.304. The Morgan fingerprint density at radius 3 is 2.54 bits per heavy atom. The van der Waals surface area contributed by atoms with E-state index in [1.807, 2.05) is 0 Å². The molecule has 7 heteroatoms. The summed E-state index contributed by atoms with van der Waals surface area (Å²) in [6.07, 6.45) is 12.7. The summed E-state index contributed by atoms with van der Waals surface area (Å²) in [5.74, 6) is 3.23. The summed E-state index contributed by atoms with van der Waals surface area (Å²) >= 11 is 0. The highest BCUT2D eigenvalue weighted by Crippen LogP contribution is 2.54. The van der Waals surface area contributed by atoms with E-state index in [9.17, 15) is 9.59 Å². The van der Waals surface area contributed by atoms with Crippen LogP contribution in [0.2, 0.25) is 0 Å². The van der Waals surface area contributed by atoms with Crippen molar-refractivity contribution in [3.63, 3.8) is 0 Å². The van der Waals surface area contributed by atoms with Gasteiger partial charge in [-0.3, -0.25) is 4.79 Å². The summed E-state index contributed by atoms with van der Waals surface area (Å²) in [5.41, 5.74) is 8.16. The van der Waals surface area contributed by atoms with E-state index < -0.39 is 5.91 Å². The number of azide groups is 1. The molecular weight excluding hydrogens is 354 g/mol. The average molecular weight is 386 g/mol. The molecule has 0 aliphatic heterocycles. The van der Waals surface area contributed by atoms with E-state index in [0.717, 1.165) is 17.8 Å². The van der Waals surface area contributed by atoms with Gasteiger partial charge in [0.15, 0.2) is 0 Å². The van der Waals surface area contributed by atoms with Crippen molar-refractivity contribution in [2.45, 2.75) is 51.0 Å². The molecule has 0 bridgehead atoms. The van der Waals surface area contributed by atoms with Gasteiger partial charge in [0.25, 0.3) is 5.91 Å². The molecule has 3 aliphatic carbocycles. The van der Waals surface area contributed by atoms with Crippen molar-refractivity contribution in [3.05, 3.63) is 34.5 Å². The molecule has 1 heterocycles. The zero-order valence-electron chi connectivity index (χ0n) is 16.8. The predicted octanol–water partition coefficient (Wildman–Crippen LogP) is 4.43. The van der Waals surface area contributed by atoms with Crippen molar-refractivity contribution in [1.82, 2.24) is 9.88 Å². The van der Waals surface area contributed by atoms with Crippen LogP contribution in [0.3, 0.4) is 0 Å². The quantitative estimate of drug-likeness (QED) is 0.359. The topological polar surface area (TPSA) is 102 Å². The Labute approximate surface area is 166 Å². The first-order valence-corrected chi connectivity index (χ1v) is 10.4. The first kappa shape index (κ1) is 20.6. The zero-order chi connectivity index (χ0) is 20.1. The van der Waals surface area contributed by atoms with Gasteiger partial charge in [-0.1, -0.05) is 25.7 Å². The van der Waals surface area contributed by atoms with Crippen LogP contribution in [0.4, 0.5) is 0 Å². The summed E-state index contributed by atoms with van der Waals surface area (Å²) in [5, 5.41) is 2.88. The number of nitrogens with one attached hydrogen (secondary N) is 1. The first-order chi connectivity index (χ1) is 13.5. The van der Waals surface area contributed by atoms with Crippen molar-refractivity contribution in [3.8, 4) is 0 Å². The summed E-state index contributed by atoms with van der Waals surface area (Å²) in [6, 6.07) is 3.71. The fourth-order valence-corrected chi connectivity index (χ4v) is 5.82. The number of carbonyl (C=O) groups excluding carboxylic acids is 2. The minimum atomic E-state index is -0.590. The normalized spacial score (nSPS) is 31.8. The summed E-state index contributed by atoms with van der Waals surface area (Å²) in [6.45, 7) is 0. The Bertz CT molecular complexity index is 704. The fourth-order valence-electron chi connectivity index (χ4n) is 5.82. The number of hydrogen-bond acceptors (Lipinski definition) is 3. The van der Waals surface area contributed by atoms with Crippen LogP contribution in [-0.4, -0.2) is 42.2 Å². The van der Waals surface area contributed by atoms with Crippen LogP contribution in [0.25, 0.3) is 10.4 Å². The van der Waals surface area contributed by atoms with Gasteiger partial charge >= 0.3 is 0 Å². The highest BCUT2D eigenvalue weighted by Gasteiger charge is 2.50. The predicted molar refractivity (Wildman–Crippen MR) is 108 cm³/mol. The van der Waals surface area contributed by atoms with Gasteiger partial charge in [-0.15, -0.1) is 0 Å². The van der Waals surface area contributed by atoms with Gasteiger partial charge in [-0.05, 0) is 79.8 Å². The Morgan fingerprint density at radius 1 is 1.21 bits per heavy atom. The van der Waals surface area contributed by atoms with E-state index in [4.69, 9.17) is 5.53 Å². The molecular formula is C21H31N5O2. The van der Waals surface area contributed by atoms with Crippen LogP contribution in [0.5, 0.6) is 0 Å². The standard InChI is InChI=1S/C16H27NO.C5H4N4O/c1-17(2)16-9-13-7-12(11-5-3-4-6-11)8-14(13)15(16)10-18;6-9-8-5(10)4-2-1-3-7-4/h10-16H,3-9H2,1-2H3;1-3,7H. The maximum absolute atomic E-state index is 11.5. The second-order valence-corrected chi connectivity index (χ2v) is 8.76. The zero-order valence-corrected chi connectivity index (χ0v) is 16.8. The third kappa shape index (κ3) is 4.47. The van der Waals surface area contributed by atoms with E-state index >= 15 is 0 Å². The smallest absolute Gasteiger partial charge is 0.265 e. The molecule has 0 spiro atoms. The lowest BCUT2D eigenvalue weighted by Gasteiger charge is -2.27. The monoisotopic (exact) mass is 385 g/mol. The molecule has 28 heavy (non-hydrogen) atoms. The third-order valence-electron chi connectivity index (χ3n) is 7.12. The molecule has 0 radical (unpaired) electrons. The SMILES string of the molecule is CN(C)C1CC2CC(C3CCCC3)CC2C1C=O.[N-]=[N+]=NC(=O)c1ccc[nH]1. The molecule has 0 aromatic carbocycles. The van der Waals surface area contributed by atoms with Crippen molar-refractivity contribution in [2.24, 2.45) is 34.7 Å². The second-order valence-electron chi connectivity index (χ2n) is 8.76. The number of hydrogen-bond donors (Lipinski definition) is 1. The average Bonchev–Trinajstić information content (AvgIpc) is 3.46. The maximum Gasteiger partial charge on any atom is 0.265 e. The number of amides is 1. The third-order valence-corrected chi connectivity index (χ3v) is 7.12. The van der Waals surface area contributed by atoms with Crippen LogP contribution in [0, 0.1) is 29.6 Å². The van der Waals surface area contributed by atoms with E-state index in [1.165, 1.54) is 57.3 Å². The highest BCUT2D eigenvalue weighted by molar-refractivity contribution is 5.92. The van der Waals surface area contributed by atoms with Gasteiger partial charge in [0, 0.05) is 23.1 Å². The van der Waals surface area contributed by atoms with E-state index in [0.29, 0.717) is 23.6 Å². The van der Waals surface area contributed by atoms with Gasteiger partial charge in [-0.2, -0.15) is 0 Å². The van der Waals surface area contributed by atoms with E-state index in [-0.39, 0.29) is 0 Å². The lowest BCUT2D eigenvalue weighted by molar-refractivity contribution is -0.113. The van der Waals surface area contributed by atoms with Crippen LogP contribution in [-0.2, 0) is 4.79 Å². The molecule has 4 rings (SSSR count). The molecule has 5 unspecified atom stereocenters. The largest absolute Gasteiger partial charge is 0.359 e. The molecule has 1 aromatic heterocycles. The molecule has 1 aromatic rings. The number of aromatic amines is 1. The minimum Gasteiger partial charge on any atom is -0.359 e.